The molecule has 0 saturated heterocycles. The predicted molar refractivity (Wildman–Crippen MR) is 83.6 cm³/mol. The molecule has 1 aromatic carbocycles. The van der Waals surface area contributed by atoms with Crippen LogP contribution >= 0.6 is 0 Å². The number of urea groups is 1. The maximum Gasteiger partial charge on any atom is 0.323 e. The second kappa shape index (κ2) is 7.67. The van der Waals surface area contributed by atoms with Crippen LogP contribution in [-0.2, 0) is 4.79 Å². The molecular formula is C16H24N2O3. The van der Waals surface area contributed by atoms with E-state index in [1.54, 1.807) is 0 Å². The van der Waals surface area contributed by atoms with Crippen molar-refractivity contribution in [2.24, 2.45) is 5.92 Å². The van der Waals surface area contributed by atoms with Gasteiger partial charge in [0.2, 0.25) is 0 Å². The molecule has 0 saturated carbocycles. The molecule has 5 nitrogen and oxygen atoms in total. The Morgan fingerprint density at radius 2 is 1.71 bits per heavy atom. The van der Waals surface area contributed by atoms with Crippen LogP contribution in [0.1, 0.15) is 39.2 Å². The summed E-state index contributed by atoms with van der Waals surface area (Å²) >= 11 is 0. The Balaban J connectivity index is 2.73. The standard InChI is InChI=1S/C16H24N2O3/c1-11(2)9-18(10-15(19)20)16(21)17-14-7-5-13(6-8-14)12(3)4/h5-8,11-12H,9-10H2,1-4H3,(H,17,21)(H,19,20). The van der Waals surface area contributed by atoms with E-state index >= 15 is 0 Å². The zero-order valence-electron chi connectivity index (χ0n) is 13.1. The lowest BCUT2D eigenvalue weighted by Gasteiger charge is -2.23. The zero-order valence-corrected chi connectivity index (χ0v) is 13.1. The van der Waals surface area contributed by atoms with Crippen molar-refractivity contribution in [2.75, 3.05) is 18.4 Å². The van der Waals surface area contributed by atoms with Gasteiger partial charge in [0.25, 0.3) is 0 Å². The van der Waals surface area contributed by atoms with Gasteiger partial charge in [0.15, 0.2) is 0 Å². The minimum Gasteiger partial charge on any atom is -0.480 e. The molecule has 2 amide bonds. The highest BCUT2D eigenvalue weighted by Crippen LogP contribution is 2.17. The highest BCUT2D eigenvalue weighted by Gasteiger charge is 2.18. The van der Waals surface area contributed by atoms with E-state index in [-0.39, 0.29) is 18.5 Å². The molecule has 0 aliphatic heterocycles. The van der Waals surface area contributed by atoms with Gasteiger partial charge in [-0.3, -0.25) is 4.79 Å². The summed E-state index contributed by atoms with van der Waals surface area (Å²) in [5, 5.41) is 11.6. The van der Waals surface area contributed by atoms with Crippen LogP contribution in [0.25, 0.3) is 0 Å². The predicted octanol–water partition coefficient (Wildman–Crippen LogP) is 3.38. The number of carbonyl (C=O) groups is 2. The van der Waals surface area contributed by atoms with Gasteiger partial charge < -0.3 is 15.3 Å². The Bertz CT molecular complexity index is 481. The van der Waals surface area contributed by atoms with Crippen molar-refractivity contribution in [3.8, 4) is 0 Å². The Morgan fingerprint density at radius 3 is 2.14 bits per heavy atom. The van der Waals surface area contributed by atoms with Crippen LogP contribution in [0.3, 0.4) is 0 Å². The van der Waals surface area contributed by atoms with Crippen molar-refractivity contribution in [2.45, 2.75) is 33.6 Å². The number of carboxylic acid groups (broad SMARTS) is 1. The van der Waals surface area contributed by atoms with Crippen molar-refractivity contribution in [1.29, 1.82) is 0 Å². The number of hydrogen-bond donors (Lipinski definition) is 2. The summed E-state index contributed by atoms with van der Waals surface area (Å²) in [4.78, 5) is 24.3. The van der Waals surface area contributed by atoms with Gasteiger partial charge in [-0.1, -0.05) is 39.8 Å². The van der Waals surface area contributed by atoms with Gasteiger partial charge in [-0.05, 0) is 29.5 Å². The van der Waals surface area contributed by atoms with E-state index in [4.69, 9.17) is 5.11 Å². The summed E-state index contributed by atoms with van der Waals surface area (Å²) < 4.78 is 0. The largest absolute Gasteiger partial charge is 0.480 e. The van der Waals surface area contributed by atoms with Crippen LogP contribution in [0.4, 0.5) is 10.5 Å². The lowest BCUT2D eigenvalue weighted by Crippen LogP contribution is -2.40. The molecule has 0 spiro atoms. The number of aliphatic carboxylic acids is 1. The molecule has 2 N–H and O–H groups in total. The number of nitrogens with zero attached hydrogens (tertiary/aromatic N) is 1. The van der Waals surface area contributed by atoms with E-state index in [0.717, 1.165) is 0 Å². The van der Waals surface area contributed by atoms with Crippen LogP contribution in [0, 0.1) is 5.92 Å². The average Bonchev–Trinajstić information content (AvgIpc) is 2.37. The lowest BCUT2D eigenvalue weighted by molar-refractivity contribution is -0.137. The number of benzene rings is 1. The van der Waals surface area contributed by atoms with Crippen molar-refractivity contribution in [1.82, 2.24) is 4.90 Å². The van der Waals surface area contributed by atoms with Crippen LogP contribution < -0.4 is 5.32 Å². The first-order chi connectivity index (χ1) is 9.79. The van der Waals surface area contributed by atoms with Crippen LogP contribution in [0.5, 0.6) is 0 Å². The van der Waals surface area contributed by atoms with Crippen molar-refractivity contribution in [3.63, 3.8) is 0 Å². The number of rotatable bonds is 6. The van der Waals surface area contributed by atoms with Gasteiger partial charge in [-0.2, -0.15) is 0 Å². The van der Waals surface area contributed by atoms with E-state index in [9.17, 15) is 9.59 Å². The Kier molecular flexibility index (Phi) is 6.21. The lowest BCUT2D eigenvalue weighted by atomic mass is 10.0. The molecule has 0 aliphatic rings. The number of hydrogen-bond acceptors (Lipinski definition) is 2. The zero-order chi connectivity index (χ0) is 16.0. The van der Waals surface area contributed by atoms with Gasteiger partial charge in [-0.25, -0.2) is 4.79 Å². The minimum atomic E-state index is -1.01. The molecule has 0 heterocycles. The van der Waals surface area contributed by atoms with Gasteiger partial charge in [0.05, 0.1) is 0 Å². The van der Waals surface area contributed by atoms with Gasteiger partial charge in [-0.15, -0.1) is 0 Å². The van der Waals surface area contributed by atoms with Crippen LogP contribution in [0.2, 0.25) is 0 Å². The van der Waals surface area contributed by atoms with Gasteiger partial charge in [0, 0.05) is 12.2 Å². The molecule has 0 aromatic heterocycles. The summed E-state index contributed by atoms with van der Waals surface area (Å²) in [5.41, 5.74) is 1.86. The molecular weight excluding hydrogens is 268 g/mol. The Labute approximate surface area is 126 Å². The van der Waals surface area contributed by atoms with Gasteiger partial charge in [0.1, 0.15) is 6.54 Å². The molecule has 1 rings (SSSR count). The fraction of sp³-hybridized carbons (Fsp3) is 0.500. The number of amides is 2. The van der Waals surface area contributed by atoms with Crippen LogP contribution in [0.15, 0.2) is 24.3 Å². The maximum absolute atomic E-state index is 12.2. The minimum absolute atomic E-state index is 0.207. The number of anilines is 1. The normalized spacial score (nSPS) is 10.8. The van der Waals surface area contributed by atoms with E-state index in [1.165, 1.54) is 10.5 Å². The topological polar surface area (TPSA) is 69.6 Å². The number of carbonyl (C=O) groups excluding carboxylic acids is 1. The molecule has 5 heteroatoms. The first kappa shape index (κ1) is 17.0. The molecule has 0 bridgehead atoms. The maximum atomic E-state index is 12.2. The average molecular weight is 292 g/mol. The second-order valence-electron chi connectivity index (χ2n) is 5.87. The highest BCUT2D eigenvalue weighted by atomic mass is 16.4. The Morgan fingerprint density at radius 1 is 1.14 bits per heavy atom. The van der Waals surface area contributed by atoms with E-state index in [1.807, 2.05) is 38.1 Å². The smallest absolute Gasteiger partial charge is 0.323 e. The fourth-order valence-corrected chi connectivity index (χ4v) is 1.98. The van der Waals surface area contributed by atoms with Gasteiger partial charge >= 0.3 is 12.0 Å². The van der Waals surface area contributed by atoms with Crippen molar-refractivity contribution in [3.05, 3.63) is 29.8 Å². The number of nitrogens with one attached hydrogen (secondary N) is 1. The summed E-state index contributed by atoms with van der Waals surface area (Å²) in [5.74, 6) is -0.376. The molecule has 1 aromatic rings. The first-order valence-electron chi connectivity index (χ1n) is 7.17. The SMILES string of the molecule is CC(C)CN(CC(=O)O)C(=O)Nc1ccc(C(C)C)cc1. The summed E-state index contributed by atoms with van der Waals surface area (Å²) in [6.45, 7) is 8.20. The monoisotopic (exact) mass is 292 g/mol. The van der Waals surface area contributed by atoms with Crippen molar-refractivity contribution >= 4 is 17.7 Å². The first-order valence-corrected chi connectivity index (χ1v) is 7.17. The van der Waals surface area contributed by atoms with E-state index in [0.29, 0.717) is 18.2 Å². The molecule has 0 aliphatic carbocycles. The third-order valence-electron chi connectivity index (χ3n) is 3.03. The fourth-order valence-electron chi connectivity index (χ4n) is 1.98. The number of carboxylic acids is 1. The van der Waals surface area contributed by atoms with Crippen molar-refractivity contribution < 1.29 is 14.7 Å². The molecule has 0 atom stereocenters. The third-order valence-corrected chi connectivity index (χ3v) is 3.03. The molecule has 0 radical (unpaired) electrons. The second-order valence-corrected chi connectivity index (χ2v) is 5.87. The van der Waals surface area contributed by atoms with E-state index in [2.05, 4.69) is 19.2 Å². The summed E-state index contributed by atoms with van der Waals surface area (Å²) in [7, 11) is 0. The molecule has 0 fully saturated rings. The quantitative estimate of drug-likeness (QED) is 0.844. The molecule has 116 valence electrons. The Hall–Kier alpha value is -2.04. The molecule has 0 unspecified atom stereocenters. The highest BCUT2D eigenvalue weighted by molar-refractivity contribution is 5.91. The van der Waals surface area contributed by atoms with E-state index < -0.39 is 5.97 Å². The molecule has 21 heavy (non-hydrogen) atoms. The summed E-state index contributed by atoms with van der Waals surface area (Å²) in [6.07, 6.45) is 0. The van der Waals surface area contributed by atoms with Crippen LogP contribution in [-0.4, -0.2) is 35.1 Å². The summed E-state index contributed by atoms with van der Waals surface area (Å²) in [6, 6.07) is 7.21. The third kappa shape index (κ3) is 5.85.